The van der Waals surface area contributed by atoms with E-state index in [0.717, 1.165) is 54.8 Å². The largest absolute Gasteiger partial charge is 0.481 e. The highest BCUT2D eigenvalue weighted by Crippen LogP contribution is 2.48. The number of anilines is 1. The Hall–Kier alpha value is -3.85. The summed E-state index contributed by atoms with van der Waals surface area (Å²) in [5.41, 5.74) is 6.62. The number of fused-ring (bicyclic) bond motifs is 2. The number of nitrogens with zero attached hydrogens (tertiary/aromatic N) is 2. The topological polar surface area (TPSA) is 81.7 Å². The lowest BCUT2D eigenvalue weighted by molar-refractivity contribution is -0.667. The first-order valence-corrected chi connectivity index (χ1v) is 16.6. The zero-order chi connectivity index (χ0) is 30.8. The average Bonchev–Trinajstić information content (AvgIpc) is 3.50. The van der Waals surface area contributed by atoms with Crippen LogP contribution in [0.5, 0.6) is 0 Å². The van der Waals surface area contributed by atoms with Crippen molar-refractivity contribution in [3.63, 3.8) is 0 Å². The number of hydrogen-bond acceptors (Lipinski definition) is 5. The zero-order valence-corrected chi connectivity index (χ0v) is 26.6. The fourth-order valence-electron chi connectivity index (χ4n) is 5.83. The first-order chi connectivity index (χ1) is 21.2. The second kappa shape index (κ2) is 13.0. The van der Waals surface area contributed by atoms with Gasteiger partial charge < -0.3 is 15.1 Å². The number of benzene rings is 3. The molecule has 0 amide bonds. The van der Waals surface area contributed by atoms with Crippen LogP contribution >= 0.6 is 34.7 Å². The predicted molar refractivity (Wildman–Crippen MR) is 179 cm³/mol. The van der Waals surface area contributed by atoms with E-state index < -0.39 is 11.9 Å². The molecular formula is C35H32ClN2O4S2+. The summed E-state index contributed by atoms with van der Waals surface area (Å²) in [6, 6.07) is 22.4. The van der Waals surface area contributed by atoms with Crippen LogP contribution in [0, 0.1) is 5.92 Å². The molecule has 0 saturated heterocycles. The lowest BCUT2D eigenvalue weighted by Crippen LogP contribution is -2.36. The Labute approximate surface area is 269 Å². The summed E-state index contributed by atoms with van der Waals surface area (Å²) < 4.78 is 3.24. The van der Waals surface area contributed by atoms with Crippen molar-refractivity contribution >= 4 is 68.6 Å². The first-order valence-electron chi connectivity index (χ1n) is 14.6. The summed E-state index contributed by atoms with van der Waals surface area (Å²) in [5, 5.41) is 21.5. The normalized spacial score (nSPS) is 18.2. The van der Waals surface area contributed by atoms with Gasteiger partial charge in [-0.25, -0.2) is 0 Å². The fraction of sp³-hybridized carbons (Fsp3) is 0.229. The van der Waals surface area contributed by atoms with Crippen LogP contribution in [-0.4, -0.2) is 28.7 Å². The molecule has 2 aliphatic rings. The number of aromatic nitrogens is 1. The minimum atomic E-state index is -0.837. The number of halogens is 1. The molecule has 224 valence electrons. The van der Waals surface area contributed by atoms with E-state index in [9.17, 15) is 19.8 Å². The molecule has 6 rings (SSSR count). The molecule has 1 unspecified atom stereocenters. The summed E-state index contributed by atoms with van der Waals surface area (Å²) in [6.45, 7) is 3.00. The standard InChI is InChI=1S/C35H31ClN2O4S2/c1-22-15-23(17-24(16-22)19-33-38(14-12-35(41)42)29-21-27(36)8-10-30(29)43-33)18-32-37(13-11-34(39)40)28-9-7-26(20-31(28)44-32)25-5-3-2-4-6-25/h2-10,17-22H,11-16H2,1H3,(H-,39,40,41,42)/p+1. The van der Waals surface area contributed by atoms with Gasteiger partial charge in [0.1, 0.15) is 11.1 Å². The first kappa shape index (κ1) is 30.2. The lowest BCUT2D eigenvalue weighted by atomic mass is 9.87. The highest BCUT2D eigenvalue weighted by atomic mass is 35.5. The van der Waals surface area contributed by atoms with E-state index >= 15 is 0 Å². The third-order valence-electron chi connectivity index (χ3n) is 7.79. The molecule has 2 N–H and O–H groups in total. The van der Waals surface area contributed by atoms with Crippen LogP contribution in [-0.2, 0) is 16.1 Å². The van der Waals surface area contributed by atoms with Crippen LogP contribution in [0.1, 0.15) is 37.6 Å². The fourth-order valence-corrected chi connectivity index (χ4v) is 8.35. The summed E-state index contributed by atoms with van der Waals surface area (Å²) >= 11 is 9.62. The molecule has 1 aromatic heterocycles. The Bertz CT molecular complexity index is 1840. The second-order valence-electron chi connectivity index (χ2n) is 11.2. The number of rotatable bonds is 9. The number of carboxylic acid groups (broad SMARTS) is 2. The number of allylic oxidation sites excluding steroid dienone is 4. The molecule has 1 aliphatic carbocycles. The van der Waals surface area contributed by atoms with Crippen molar-refractivity contribution in [3.8, 4) is 11.1 Å². The third-order valence-corrected chi connectivity index (χ3v) is 10.2. The van der Waals surface area contributed by atoms with Crippen molar-refractivity contribution in [2.75, 3.05) is 11.4 Å². The SMILES string of the molecule is CC1CC(C=C2Sc3ccc(Cl)cc3N2CCC(=O)O)=CC(=Cc2sc3cc(-c4ccccc4)ccc3[n+]2CCC(=O)O)C1. The van der Waals surface area contributed by atoms with Gasteiger partial charge in [0.2, 0.25) is 5.52 Å². The van der Waals surface area contributed by atoms with Crippen molar-refractivity contribution in [3.05, 3.63) is 105 Å². The molecule has 6 nitrogen and oxygen atoms in total. The van der Waals surface area contributed by atoms with Crippen LogP contribution in [0.25, 0.3) is 27.4 Å². The summed E-state index contributed by atoms with van der Waals surface area (Å²) in [4.78, 5) is 26.1. The van der Waals surface area contributed by atoms with Crippen molar-refractivity contribution < 1.29 is 24.4 Å². The molecule has 0 spiro atoms. The monoisotopic (exact) mass is 643 g/mol. The summed E-state index contributed by atoms with van der Waals surface area (Å²) in [6.07, 6.45) is 8.53. The molecule has 44 heavy (non-hydrogen) atoms. The molecule has 9 heteroatoms. The van der Waals surface area contributed by atoms with Crippen LogP contribution in [0.15, 0.2) is 100.0 Å². The molecule has 0 saturated carbocycles. The number of thiazole rings is 1. The number of carbonyl (C=O) groups is 2. The van der Waals surface area contributed by atoms with E-state index in [4.69, 9.17) is 11.6 Å². The Morgan fingerprint density at radius 1 is 0.977 bits per heavy atom. The van der Waals surface area contributed by atoms with Crippen molar-refractivity contribution in [2.24, 2.45) is 5.92 Å². The van der Waals surface area contributed by atoms with Crippen molar-refractivity contribution in [1.29, 1.82) is 0 Å². The lowest BCUT2D eigenvalue weighted by Gasteiger charge is -2.23. The molecule has 0 radical (unpaired) electrons. The predicted octanol–water partition coefficient (Wildman–Crippen LogP) is 8.65. The maximum Gasteiger partial charge on any atom is 0.309 e. The number of aryl methyl sites for hydroxylation is 1. The maximum absolute atomic E-state index is 11.5. The van der Waals surface area contributed by atoms with Gasteiger partial charge in [0.15, 0.2) is 6.54 Å². The smallest absolute Gasteiger partial charge is 0.309 e. The Morgan fingerprint density at radius 3 is 2.55 bits per heavy atom. The molecule has 0 fully saturated rings. The van der Waals surface area contributed by atoms with Crippen LogP contribution < -0.4 is 9.47 Å². The number of aliphatic carboxylic acids is 2. The number of thioether (sulfide) groups is 1. The summed E-state index contributed by atoms with van der Waals surface area (Å²) in [5.74, 6) is -1.24. The average molecular weight is 644 g/mol. The molecule has 0 bridgehead atoms. The second-order valence-corrected chi connectivity index (χ2v) is 13.8. The van der Waals surface area contributed by atoms with Gasteiger partial charge in [0, 0.05) is 28.6 Å². The van der Waals surface area contributed by atoms with Crippen LogP contribution in [0.4, 0.5) is 5.69 Å². The number of carboxylic acids is 2. The van der Waals surface area contributed by atoms with Crippen molar-refractivity contribution in [2.45, 2.75) is 44.0 Å². The highest BCUT2D eigenvalue weighted by molar-refractivity contribution is 8.03. The van der Waals surface area contributed by atoms with Gasteiger partial charge in [-0.1, -0.05) is 78.0 Å². The van der Waals surface area contributed by atoms with E-state index in [1.165, 1.54) is 11.1 Å². The highest BCUT2D eigenvalue weighted by Gasteiger charge is 2.27. The Kier molecular flexibility index (Phi) is 8.93. The molecule has 1 atom stereocenters. The quantitative estimate of drug-likeness (QED) is 0.178. The van der Waals surface area contributed by atoms with E-state index in [0.29, 0.717) is 24.0 Å². The van der Waals surface area contributed by atoms with Crippen molar-refractivity contribution in [1.82, 2.24) is 0 Å². The van der Waals surface area contributed by atoms with Gasteiger partial charge in [0.05, 0.1) is 17.1 Å². The van der Waals surface area contributed by atoms with Crippen LogP contribution in [0.3, 0.4) is 0 Å². The van der Waals surface area contributed by atoms with E-state index in [2.05, 4.69) is 65.0 Å². The molecule has 2 heterocycles. The minimum absolute atomic E-state index is 0.0265. The number of hydrogen-bond donors (Lipinski definition) is 2. The Balaban J connectivity index is 1.37. The summed E-state index contributed by atoms with van der Waals surface area (Å²) in [7, 11) is 0. The van der Waals surface area contributed by atoms with E-state index in [-0.39, 0.29) is 12.8 Å². The molecule has 3 aromatic carbocycles. The van der Waals surface area contributed by atoms with Gasteiger partial charge in [-0.05, 0) is 77.4 Å². The molecule has 4 aromatic rings. The minimum Gasteiger partial charge on any atom is -0.481 e. The zero-order valence-electron chi connectivity index (χ0n) is 24.2. The van der Waals surface area contributed by atoms with Gasteiger partial charge in [0.25, 0.3) is 5.01 Å². The van der Waals surface area contributed by atoms with Gasteiger partial charge in [-0.15, -0.1) is 0 Å². The van der Waals surface area contributed by atoms with Gasteiger partial charge in [-0.3, -0.25) is 9.59 Å². The maximum atomic E-state index is 11.5. The third kappa shape index (κ3) is 6.78. The molecule has 1 aliphatic heterocycles. The van der Waals surface area contributed by atoms with E-state index in [1.54, 1.807) is 23.1 Å². The van der Waals surface area contributed by atoms with Crippen LogP contribution in [0.2, 0.25) is 5.02 Å². The van der Waals surface area contributed by atoms with E-state index in [1.807, 2.05) is 36.4 Å². The molecular weight excluding hydrogens is 612 g/mol. The Morgan fingerprint density at radius 2 is 1.77 bits per heavy atom. The van der Waals surface area contributed by atoms with Gasteiger partial charge >= 0.3 is 11.9 Å². The van der Waals surface area contributed by atoms with Gasteiger partial charge in [-0.2, -0.15) is 4.57 Å².